The highest BCUT2D eigenvalue weighted by Crippen LogP contribution is 2.30. The average molecular weight is 465 g/mol. The molecule has 10 heteroatoms. The number of carbonyl (C=O) groups is 2. The molecule has 8 nitrogen and oxygen atoms in total. The van der Waals surface area contributed by atoms with E-state index in [9.17, 15) is 14.0 Å². The third-order valence-electron chi connectivity index (χ3n) is 5.57. The summed E-state index contributed by atoms with van der Waals surface area (Å²) < 4.78 is 16.7. The van der Waals surface area contributed by atoms with Gasteiger partial charge in [-0.1, -0.05) is 0 Å². The SMILES string of the molecule is Cc1cc(F)cc(-c2nn3c(c2C(N)=O)CN(C(=O)Nc2ccc4sc(C)nc4c2)CC3)c1. The van der Waals surface area contributed by atoms with Crippen LogP contribution in [-0.4, -0.2) is 38.1 Å². The van der Waals surface area contributed by atoms with Crippen LogP contribution in [0.5, 0.6) is 0 Å². The van der Waals surface area contributed by atoms with Crippen LogP contribution in [0.4, 0.5) is 14.9 Å². The first kappa shape index (κ1) is 21.1. The number of aromatic nitrogens is 3. The molecule has 4 aromatic rings. The average Bonchev–Trinajstić information content (AvgIpc) is 3.31. The Balaban J connectivity index is 1.43. The lowest BCUT2D eigenvalue weighted by Gasteiger charge is -2.28. The van der Waals surface area contributed by atoms with Gasteiger partial charge in [0.2, 0.25) is 0 Å². The predicted molar refractivity (Wildman–Crippen MR) is 125 cm³/mol. The van der Waals surface area contributed by atoms with Crippen molar-refractivity contribution in [1.29, 1.82) is 0 Å². The maximum Gasteiger partial charge on any atom is 0.322 e. The van der Waals surface area contributed by atoms with Gasteiger partial charge >= 0.3 is 6.03 Å². The van der Waals surface area contributed by atoms with Gasteiger partial charge in [0.25, 0.3) is 5.91 Å². The number of rotatable bonds is 3. The quantitative estimate of drug-likeness (QED) is 0.477. The molecule has 0 atom stereocenters. The number of fused-ring (bicyclic) bond motifs is 2. The maximum atomic E-state index is 14.0. The van der Waals surface area contributed by atoms with E-state index in [1.54, 1.807) is 33.9 Å². The van der Waals surface area contributed by atoms with Crippen molar-refractivity contribution in [1.82, 2.24) is 19.7 Å². The smallest absolute Gasteiger partial charge is 0.322 e. The molecule has 0 radical (unpaired) electrons. The number of thiazole rings is 1. The Morgan fingerprint density at radius 2 is 1.97 bits per heavy atom. The Bertz CT molecular complexity index is 1410. The van der Waals surface area contributed by atoms with Crippen LogP contribution in [0.3, 0.4) is 0 Å². The molecule has 0 spiro atoms. The molecular formula is C23H21FN6O2S. The molecule has 2 aromatic heterocycles. The Labute approximate surface area is 192 Å². The molecule has 5 rings (SSSR count). The molecule has 3 amide bonds. The van der Waals surface area contributed by atoms with Gasteiger partial charge in [-0.15, -0.1) is 11.3 Å². The van der Waals surface area contributed by atoms with Crippen molar-refractivity contribution < 1.29 is 14.0 Å². The van der Waals surface area contributed by atoms with Crippen molar-refractivity contribution >= 4 is 39.2 Å². The van der Waals surface area contributed by atoms with Crippen LogP contribution in [0.1, 0.15) is 26.6 Å². The largest absolute Gasteiger partial charge is 0.365 e. The lowest BCUT2D eigenvalue weighted by Crippen LogP contribution is -2.41. The number of benzene rings is 2. The van der Waals surface area contributed by atoms with Crippen molar-refractivity contribution in [3.05, 3.63) is 64.0 Å². The first-order valence-electron chi connectivity index (χ1n) is 10.4. The summed E-state index contributed by atoms with van der Waals surface area (Å²) in [4.78, 5) is 31.4. The summed E-state index contributed by atoms with van der Waals surface area (Å²) in [6, 6.07) is 9.79. The van der Waals surface area contributed by atoms with Crippen molar-refractivity contribution in [2.45, 2.75) is 26.9 Å². The number of aryl methyl sites for hydroxylation is 2. The van der Waals surface area contributed by atoms with E-state index < -0.39 is 11.7 Å². The molecule has 0 fully saturated rings. The second-order valence-electron chi connectivity index (χ2n) is 8.04. The molecule has 168 valence electrons. The molecule has 3 heterocycles. The number of nitrogens with one attached hydrogen (secondary N) is 1. The van der Waals surface area contributed by atoms with Crippen molar-refractivity contribution in [2.24, 2.45) is 5.73 Å². The predicted octanol–water partition coefficient (Wildman–Crippen LogP) is 4.06. The van der Waals surface area contributed by atoms with E-state index >= 15 is 0 Å². The minimum Gasteiger partial charge on any atom is -0.365 e. The van der Waals surface area contributed by atoms with Gasteiger partial charge in [-0.2, -0.15) is 5.10 Å². The number of amides is 3. The zero-order chi connectivity index (χ0) is 23.3. The Morgan fingerprint density at radius 3 is 2.73 bits per heavy atom. The number of nitrogens with two attached hydrogens (primary N) is 1. The fourth-order valence-electron chi connectivity index (χ4n) is 4.15. The molecular weight excluding hydrogens is 443 g/mol. The summed E-state index contributed by atoms with van der Waals surface area (Å²) in [6.07, 6.45) is 0. The highest BCUT2D eigenvalue weighted by atomic mass is 32.1. The summed E-state index contributed by atoms with van der Waals surface area (Å²) in [5.74, 6) is -1.08. The molecule has 0 unspecified atom stereocenters. The van der Waals surface area contributed by atoms with E-state index in [1.165, 1.54) is 12.1 Å². The summed E-state index contributed by atoms with van der Waals surface area (Å²) in [5, 5.41) is 8.38. The standard InChI is InChI=1S/C23H21FN6O2S/c1-12-7-14(9-15(24)8-12)21-20(22(25)31)18-11-29(5-6-30(18)28-21)23(32)27-16-3-4-19-17(10-16)26-13(2)33-19/h3-4,7-10H,5-6,11H2,1-2H3,(H2,25,31)(H,27,32). The van der Waals surface area contributed by atoms with E-state index in [1.807, 2.05) is 25.1 Å². The second kappa shape index (κ2) is 7.96. The fraction of sp³-hybridized carbons (Fsp3) is 0.217. The third kappa shape index (κ3) is 3.93. The van der Waals surface area contributed by atoms with Crippen molar-refractivity contribution in [2.75, 3.05) is 11.9 Å². The number of carbonyl (C=O) groups excluding carboxylic acids is 2. The third-order valence-corrected chi connectivity index (χ3v) is 6.53. The van der Waals surface area contributed by atoms with Crippen LogP contribution in [0.2, 0.25) is 0 Å². The zero-order valence-corrected chi connectivity index (χ0v) is 18.9. The molecule has 1 aliphatic heterocycles. The first-order chi connectivity index (χ1) is 15.8. The Hall–Kier alpha value is -3.79. The number of nitrogens with zero attached hydrogens (tertiary/aromatic N) is 4. The number of urea groups is 1. The van der Waals surface area contributed by atoms with E-state index in [2.05, 4.69) is 15.4 Å². The number of halogens is 1. The monoisotopic (exact) mass is 464 g/mol. The van der Waals surface area contributed by atoms with E-state index in [4.69, 9.17) is 5.73 Å². The molecule has 0 saturated heterocycles. The van der Waals surface area contributed by atoms with Crippen LogP contribution < -0.4 is 11.1 Å². The molecule has 0 bridgehead atoms. The molecule has 1 aliphatic rings. The van der Waals surface area contributed by atoms with E-state index in [0.717, 1.165) is 15.2 Å². The molecule has 0 aliphatic carbocycles. The number of hydrogen-bond donors (Lipinski definition) is 2. The highest BCUT2D eigenvalue weighted by Gasteiger charge is 2.30. The molecule has 0 saturated carbocycles. The topological polar surface area (TPSA) is 106 Å². The van der Waals surface area contributed by atoms with Gasteiger partial charge in [0.1, 0.15) is 11.5 Å². The van der Waals surface area contributed by atoms with Gasteiger partial charge in [-0.05, 0) is 55.8 Å². The van der Waals surface area contributed by atoms with Crippen LogP contribution in [0.15, 0.2) is 36.4 Å². The van der Waals surface area contributed by atoms with Crippen LogP contribution in [-0.2, 0) is 13.1 Å². The van der Waals surface area contributed by atoms with Crippen molar-refractivity contribution in [3.8, 4) is 11.3 Å². The summed E-state index contributed by atoms with van der Waals surface area (Å²) in [5.41, 5.74) is 9.41. The van der Waals surface area contributed by atoms with Gasteiger partial charge in [-0.3, -0.25) is 9.48 Å². The lowest BCUT2D eigenvalue weighted by atomic mass is 10.0. The first-order valence-corrected chi connectivity index (χ1v) is 11.2. The molecule has 3 N–H and O–H groups in total. The maximum absolute atomic E-state index is 14.0. The second-order valence-corrected chi connectivity index (χ2v) is 9.28. The molecule has 33 heavy (non-hydrogen) atoms. The molecule has 2 aromatic carbocycles. The van der Waals surface area contributed by atoms with Crippen LogP contribution >= 0.6 is 11.3 Å². The van der Waals surface area contributed by atoms with E-state index in [0.29, 0.717) is 41.3 Å². The summed E-state index contributed by atoms with van der Waals surface area (Å²) >= 11 is 1.60. The minimum absolute atomic E-state index is 0.156. The fourth-order valence-corrected chi connectivity index (χ4v) is 4.96. The van der Waals surface area contributed by atoms with Gasteiger partial charge < -0.3 is 16.0 Å². The summed E-state index contributed by atoms with van der Waals surface area (Å²) in [7, 11) is 0. The summed E-state index contributed by atoms with van der Waals surface area (Å²) in [6.45, 7) is 4.65. The van der Waals surface area contributed by atoms with Gasteiger partial charge in [0, 0.05) is 17.8 Å². The van der Waals surface area contributed by atoms with Gasteiger partial charge in [0.05, 0.1) is 39.6 Å². The lowest BCUT2D eigenvalue weighted by molar-refractivity contribution is 0.0997. The normalized spacial score (nSPS) is 13.2. The van der Waals surface area contributed by atoms with Gasteiger partial charge in [-0.25, -0.2) is 14.2 Å². The number of anilines is 1. The van der Waals surface area contributed by atoms with Crippen molar-refractivity contribution in [3.63, 3.8) is 0 Å². The number of hydrogen-bond acceptors (Lipinski definition) is 5. The van der Waals surface area contributed by atoms with Crippen LogP contribution in [0.25, 0.3) is 21.5 Å². The Morgan fingerprint density at radius 1 is 1.15 bits per heavy atom. The minimum atomic E-state index is -0.667. The highest BCUT2D eigenvalue weighted by molar-refractivity contribution is 7.18. The van der Waals surface area contributed by atoms with Gasteiger partial charge in [0.15, 0.2) is 0 Å². The van der Waals surface area contributed by atoms with E-state index in [-0.39, 0.29) is 18.1 Å². The number of primary amides is 1. The zero-order valence-electron chi connectivity index (χ0n) is 18.1. The Kier molecular flexibility index (Phi) is 5.09. The van der Waals surface area contributed by atoms with Crippen LogP contribution in [0, 0.1) is 19.7 Å².